The van der Waals surface area contributed by atoms with E-state index in [1.165, 1.54) is 0 Å². The summed E-state index contributed by atoms with van der Waals surface area (Å²) in [6, 6.07) is 0. The van der Waals surface area contributed by atoms with Crippen LogP contribution in [0.3, 0.4) is 0 Å². The first-order valence-corrected chi connectivity index (χ1v) is 9.22. The van der Waals surface area contributed by atoms with Crippen LogP contribution in [-0.2, 0) is 14.3 Å². The molecule has 2 amide bonds. The van der Waals surface area contributed by atoms with E-state index in [1.54, 1.807) is 24.2 Å². The zero-order valence-electron chi connectivity index (χ0n) is 15.0. The Morgan fingerprint density at radius 3 is 2.88 bits per heavy atom. The smallest absolute Gasteiger partial charge is 0.416 e. The standard InChI is InChI=1S/C18H24N4O4/c1-13(23)21-6-2-3-14(11-21)15-9-19-10-16(20-15)22-12-18(26-17(22)24)4-7-25-8-5-18/h9-10,14H,2-8,11-12H2,1H3/t14-/m1/s1. The van der Waals surface area contributed by atoms with Crippen molar-refractivity contribution < 1.29 is 19.1 Å². The highest BCUT2D eigenvalue weighted by atomic mass is 16.6. The van der Waals surface area contributed by atoms with Crippen molar-refractivity contribution in [3.63, 3.8) is 0 Å². The molecule has 4 heterocycles. The molecular weight excluding hydrogens is 336 g/mol. The Labute approximate surface area is 152 Å². The number of aromatic nitrogens is 2. The van der Waals surface area contributed by atoms with Gasteiger partial charge in [-0.25, -0.2) is 9.78 Å². The van der Waals surface area contributed by atoms with Gasteiger partial charge in [-0.05, 0) is 12.8 Å². The topological polar surface area (TPSA) is 84.9 Å². The fourth-order valence-electron chi connectivity index (χ4n) is 4.01. The summed E-state index contributed by atoms with van der Waals surface area (Å²) in [6.45, 7) is 4.74. The van der Waals surface area contributed by atoms with Crippen LogP contribution in [0.5, 0.6) is 0 Å². The molecule has 0 bridgehead atoms. The van der Waals surface area contributed by atoms with Crippen LogP contribution in [0.15, 0.2) is 12.4 Å². The van der Waals surface area contributed by atoms with Gasteiger partial charge in [-0.1, -0.05) is 0 Å². The molecule has 3 aliphatic rings. The number of anilines is 1. The molecule has 8 heteroatoms. The van der Waals surface area contributed by atoms with Crippen LogP contribution in [0, 0.1) is 0 Å². The van der Waals surface area contributed by atoms with Gasteiger partial charge in [0, 0.05) is 45.0 Å². The lowest BCUT2D eigenvalue weighted by molar-refractivity contribution is -0.130. The van der Waals surface area contributed by atoms with Gasteiger partial charge in [0.05, 0.1) is 31.6 Å². The van der Waals surface area contributed by atoms with Crippen molar-refractivity contribution in [1.29, 1.82) is 0 Å². The van der Waals surface area contributed by atoms with E-state index in [0.29, 0.717) is 45.0 Å². The Kier molecular flexibility index (Phi) is 4.52. The van der Waals surface area contributed by atoms with Gasteiger partial charge < -0.3 is 14.4 Å². The predicted molar refractivity (Wildman–Crippen MR) is 92.9 cm³/mol. The molecule has 1 aromatic heterocycles. The Hall–Kier alpha value is -2.22. The number of rotatable bonds is 2. The van der Waals surface area contributed by atoms with Gasteiger partial charge in [0.2, 0.25) is 5.91 Å². The van der Waals surface area contributed by atoms with Crippen molar-refractivity contribution in [2.45, 2.75) is 44.1 Å². The zero-order valence-corrected chi connectivity index (χ0v) is 15.0. The Balaban J connectivity index is 1.52. The molecule has 0 saturated carbocycles. The summed E-state index contributed by atoms with van der Waals surface area (Å²) in [7, 11) is 0. The molecule has 4 rings (SSSR count). The molecule has 0 radical (unpaired) electrons. The molecule has 0 unspecified atom stereocenters. The molecule has 1 atom stereocenters. The van der Waals surface area contributed by atoms with Gasteiger partial charge in [-0.15, -0.1) is 0 Å². The quantitative estimate of drug-likeness (QED) is 0.798. The minimum Gasteiger partial charge on any atom is -0.440 e. The predicted octanol–water partition coefficient (Wildman–Crippen LogP) is 1.71. The van der Waals surface area contributed by atoms with E-state index in [0.717, 1.165) is 25.1 Å². The molecule has 8 nitrogen and oxygen atoms in total. The van der Waals surface area contributed by atoms with Crippen LogP contribution in [0.1, 0.15) is 44.2 Å². The van der Waals surface area contributed by atoms with E-state index in [1.807, 2.05) is 4.90 Å². The van der Waals surface area contributed by atoms with Crippen molar-refractivity contribution in [3.05, 3.63) is 18.1 Å². The van der Waals surface area contributed by atoms with Crippen LogP contribution in [0.25, 0.3) is 0 Å². The van der Waals surface area contributed by atoms with Gasteiger partial charge in [0.25, 0.3) is 0 Å². The number of nitrogens with zero attached hydrogens (tertiary/aromatic N) is 4. The highest BCUT2D eigenvalue weighted by Gasteiger charge is 2.47. The van der Waals surface area contributed by atoms with Crippen LogP contribution >= 0.6 is 0 Å². The molecule has 0 aliphatic carbocycles. The van der Waals surface area contributed by atoms with E-state index in [2.05, 4.69) is 4.98 Å². The van der Waals surface area contributed by atoms with Crippen LogP contribution in [-0.4, -0.2) is 65.3 Å². The van der Waals surface area contributed by atoms with Crippen molar-refractivity contribution in [3.8, 4) is 0 Å². The molecular formula is C18H24N4O4. The van der Waals surface area contributed by atoms with Crippen LogP contribution < -0.4 is 4.90 Å². The number of carbonyl (C=O) groups excluding carboxylic acids is 2. The van der Waals surface area contributed by atoms with Gasteiger partial charge in [-0.3, -0.25) is 14.7 Å². The lowest BCUT2D eigenvalue weighted by Gasteiger charge is -2.32. The van der Waals surface area contributed by atoms with Crippen molar-refractivity contribution in [2.75, 3.05) is 37.7 Å². The van der Waals surface area contributed by atoms with E-state index >= 15 is 0 Å². The number of amides is 2. The molecule has 140 valence electrons. The highest BCUT2D eigenvalue weighted by Crippen LogP contribution is 2.35. The number of hydrogen-bond donors (Lipinski definition) is 0. The molecule has 1 spiro atoms. The molecule has 1 aromatic rings. The molecule has 3 aliphatic heterocycles. The third-order valence-corrected chi connectivity index (χ3v) is 5.58. The third kappa shape index (κ3) is 3.25. The molecule has 0 aromatic carbocycles. The SMILES string of the molecule is CC(=O)N1CCC[C@@H](c2cncc(N3CC4(CCOCC4)OC3=O)n2)C1. The first kappa shape index (κ1) is 17.2. The minimum atomic E-state index is -0.469. The molecule has 3 fully saturated rings. The fraction of sp³-hybridized carbons (Fsp3) is 0.667. The summed E-state index contributed by atoms with van der Waals surface area (Å²) in [4.78, 5) is 36.5. The lowest BCUT2D eigenvalue weighted by Crippen LogP contribution is -2.40. The number of piperidine rings is 1. The van der Waals surface area contributed by atoms with Gasteiger partial charge in [0.15, 0.2) is 5.82 Å². The first-order valence-electron chi connectivity index (χ1n) is 9.22. The van der Waals surface area contributed by atoms with Crippen LogP contribution in [0.2, 0.25) is 0 Å². The van der Waals surface area contributed by atoms with Crippen molar-refractivity contribution >= 4 is 17.8 Å². The Morgan fingerprint density at radius 2 is 2.12 bits per heavy atom. The fourth-order valence-corrected chi connectivity index (χ4v) is 4.01. The maximum Gasteiger partial charge on any atom is 0.416 e. The first-order chi connectivity index (χ1) is 12.6. The second-order valence-electron chi connectivity index (χ2n) is 7.36. The second kappa shape index (κ2) is 6.83. The van der Waals surface area contributed by atoms with E-state index < -0.39 is 5.60 Å². The van der Waals surface area contributed by atoms with Crippen molar-refractivity contribution in [2.24, 2.45) is 0 Å². The highest BCUT2D eigenvalue weighted by molar-refractivity contribution is 5.89. The van der Waals surface area contributed by atoms with E-state index in [-0.39, 0.29) is 17.9 Å². The summed E-state index contributed by atoms with van der Waals surface area (Å²) < 4.78 is 11.1. The summed E-state index contributed by atoms with van der Waals surface area (Å²) in [5.74, 6) is 0.759. The average molecular weight is 360 g/mol. The molecule has 26 heavy (non-hydrogen) atoms. The minimum absolute atomic E-state index is 0.0865. The molecule has 3 saturated heterocycles. The lowest BCUT2D eigenvalue weighted by atomic mass is 9.94. The van der Waals surface area contributed by atoms with E-state index in [4.69, 9.17) is 14.5 Å². The normalized spacial score (nSPS) is 25.4. The number of hydrogen-bond acceptors (Lipinski definition) is 6. The van der Waals surface area contributed by atoms with E-state index in [9.17, 15) is 9.59 Å². The maximum absolute atomic E-state index is 12.4. The van der Waals surface area contributed by atoms with Crippen LogP contribution in [0.4, 0.5) is 10.6 Å². The van der Waals surface area contributed by atoms with Gasteiger partial charge in [0.1, 0.15) is 5.60 Å². The largest absolute Gasteiger partial charge is 0.440 e. The van der Waals surface area contributed by atoms with Gasteiger partial charge >= 0.3 is 6.09 Å². The van der Waals surface area contributed by atoms with Crippen molar-refractivity contribution in [1.82, 2.24) is 14.9 Å². The monoisotopic (exact) mass is 360 g/mol. The zero-order chi connectivity index (χ0) is 18.1. The third-order valence-electron chi connectivity index (χ3n) is 5.58. The molecule has 0 N–H and O–H groups in total. The number of ether oxygens (including phenoxy) is 2. The summed E-state index contributed by atoms with van der Waals surface area (Å²) in [5.41, 5.74) is 0.359. The second-order valence-corrected chi connectivity index (χ2v) is 7.36. The summed E-state index contributed by atoms with van der Waals surface area (Å²) in [6.07, 6.45) is 6.31. The number of likely N-dealkylation sites (tertiary alicyclic amines) is 1. The summed E-state index contributed by atoms with van der Waals surface area (Å²) >= 11 is 0. The summed E-state index contributed by atoms with van der Waals surface area (Å²) in [5, 5.41) is 0. The number of carbonyl (C=O) groups is 2. The Bertz CT molecular complexity index is 704. The van der Waals surface area contributed by atoms with Gasteiger partial charge in [-0.2, -0.15) is 0 Å². The maximum atomic E-state index is 12.4. The Morgan fingerprint density at radius 1 is 1.31 bits per heavy atom. The average Bonchev–Trinajstić information content (AvgIpc) is 2.98.